The van der Waals surface area contributed by atoms with Gasteiger partial charge < -0.3 is 4.74 Å². The van der Waals surface area contributed by atoms with Crippen LogP contribution in [0.3, 0.4) is 0 Å². The molecule has 4 nitrogen and oxygen atoms in total. The molecule has 0 amide bonds. The van der Waals surface area contributed by atoms with Crippen LogP contribution in [0.5, 0.6) is 5.75 Å². The highest BCUT2D eigenvalue weighted by atomic mass is 16.5. The van der Waals surface area contributed by atoms with Crippen LogP contribution in [0.1, 0.15) is 22.1 Å². The lowest BCUT2D eigenvalue weighted by Crippen LogP contribution is -2.04. The summed E-state index contributed by atoms with van der Waals surface area (Å²) >= 11 is 0. The van der Waals surface area contributed by atoms with Gasteiger partial charge >= 0.3 is 0 Å². The summed E-state index contributed by atoms with van der Waals surface area (Å²) in [5.74, 6) is 0.621. The summed E-state index contributed by atoms with van der Waals surface area (Å²) in [6.45, 7) is 1.52. The van der Waals surface area contributed by atoms with Crippen molar-refractivity contribution in [3.05, 3.63) is 42.0 Å². The molecule has 0 radical (unpaired) electrons. The van der Waals surface area contributed by atoms with Crippen molar-refractivity contribution in [2.24, 2.45) is 0 Å². The third-order valence-corrected chi connectivity index (χ3v) is 3.45. The number of hydrogen-bond donors (Lipinski definition) is 0. The number of hydrogen-bond acceptors (Lipinski definition) is 3. The summed E-state index contributed by atoms with van der Waals surface area (Å²) in [5.41, 5.74) is 2.18. The van der Waals surface area contributed by atoms with Crippen molar-refractivity contribution in [1.29, 1.82) is 0 Å². The third-order valence-electron chi connectivity index (χ3n) is 3.45. The standard InChI is InChI=1S/C16H13NO3/c1-10(19)17-15-6-3-11(9-18)7-14(15)13-5-4-12(20-2)8-16(13)17/h3-9H,1-2H3. The Balaban J connectivity index is 2.51. The molecule has 20 heavy (non-hydrogen) atoms. The smallest absolute Gasteiger partial charge is 0.228 e. The largest absolute Gasteiger partial charge is 0.497 e. The molecule has 1 heterocycles. The second-order valence-corrected chi connectivity index (χ2v) is 4.63. The first kappa shape index (κ1) is 12.4. The van der Waals surface area contributed by atoms with Gasteiger partial charge in [-0.15, -0.1) is 0 Å². The van der Waals surface area contributed by atoms with E-state index in [0.29, 0.717) is 11.3 Å². The quantitative estimate of drug-likeness (QED) is 0.669. The Morgan fingerprint density at radius 1 is 1.10 bits per heavy atom. The number of methoxy groups -OCH3 is 1. The van der Waals surface area contributed by atoms with Crippen molar-refractivity contribution in [1.82, 2.24) is 4.57 Å². The number of carbonyl (C=O) groups is 2. The van der Waals surface area contributed by atoms with E-state index in [1.165, 1.54) is 6.92 Å². The highest BCUT2D eigenvalue weighted by Gasteiger charge is 2.14. The predicted molar refractivity (Wildman–Crippen MR) is 77.7 cm³/mol. The number of fused-ring (bicyclic) bond motifs is 3. The molecule has 0 unspecified atom stereocenters. The SMILES string of the molecule is COc1ccc2c3cc(C=O)ccc3n(C(C)=O)c2c1. The second-order valence-electron chi connectivity index (χ2n) is 4.63. The molecule has 0 spiro atoms. The Hall–Kier alpha value is -2.62. The van der Waals surface area contributed by atoms with Gasteiger partial charge in [0.25, 0.3) is 0 Å². The molecular formula is C16H13NO3. The predicted octanol–water partition coefficient (Wildman–Crippen LogP) is 3.28. The van der Waals surface area contributed by atoms with Gasteiger partial charge in [-0.3, -0.25) is 14.2 Å². The fraction of sp³-hybridized carbons (Fsp3) is 0.125. The molecular weight excluding hydrogens is 254 g/mol. The number of rotatable bonds is 2. The minimum Gasteiger partial charge on any atom is -0.497 e. The van der Waals surface area contributed by atoms with Gasteiger partial charge in [0.05, 0.1) is 18.1 Å². The van der Waals surface area contributed by atoms with Crippen LogP contribution in [-0.4, -0.2) is 23.9 Å². The van der Waals surface area contributed by atoms with E-state index in [2.05, 4.69) is 0 Å². The second kappa shape index (κ2) is 4.49. The fourth-order valence-corrected chi connectivity index (χ4v) is 2.56. The maximum Gasteiger partial charge on any atom is 0.228 e. The van der Waals surface area contributed by atoms with Crippen molar-refractivity contribution >= 4 is 34.0 Å². The summed E-state index contributed by atoms with van der Waals surface area (Å²) in [6, 6.07) is 10.9. The van der Waals surface area contributed by atoms with Crippen molar-refractivity contribution in [2.75, 3.05) is 7.11 Å². The zero-order valence-electron chi connectivity index (χ0n) is 11.2. The molecule has 0 aliphatic carbocycles. The van der Waals surface area contributed by atoms with Gasteiger partial charge in [-0.25, -0.2) is 0 Å². The first-order valence-electron chi connectivity index (χ1n) is 6.24. The molecule has 0 aliphatic rings. The van der Waals surface area contributed by atoms with E-state index in [1.54, 1.807) is 29.9 Å². The molecule has 2 aromatic carbocycles. The van der Waals surface area contributed by atoms with Crippen LogP contribution in [0, 0.1) is 0 Å². The van der Waals surface area contributed by atoms with Crippen molar-refractivity contribution in [3.8, 4) is 5.75 Å². The van der Waals surface area contributed by atoms with Crippen LogP contribution in [0.15, 0.2) is 36.4 Å². The number of aromatic nitrogens is 1. The van der Waals surface area contributed by atoms with Crippen LogP contribution in [0.25, 0.3) is 21.8 Å². The zero-order valence-corrected chi connectivity index (χ0v) is 11.2. The molecule has 0 N–H and O–H groups in total. The van der Waals surface area contributed by atoms with E-state index >= 15 is 0 Å². The Morgan fingerprint density at radius 2 is 1.90 bits per heavy atom. The van der Waals surface area contributed by atoms with Gasteiger partial charge in [0.2, 0.25) is 5.91 Å². The first-order valence-corrected chi connectivity index (χ1v) is 6.24. The van der Waals surface area contributed by atoms with Gasteiger partial charge in [0, 0.05) is 29.3 Å². The Morgan fingerprint density at radius 3 is 2.55 bits per heavy atom. The van der Waals surface area contributed by atoms with E-state index in [4.69, 9.17) is 4.74 Å². The maximum atomic E-state index is 11.9. The lowest BCUT2D eigenvalue weighted by Gasteiger charge is -2.03. The van der Waals surface area contributed by atoms with Gasteiger partial charge in [-0.05, 0) is 30.3 Å². The van der Waals surface area contributed by atoms with E-state index in [-0.39, 0.29) is 5.91 Å². The van der Waals surface area contributed by atoms with E-state index in [0.717, 1.165) is 28.1 Å². The van der Waals surface area contributed by atoms with Gasteiger partial charge in [0.1, 0.15) is 12.0 Å². The lowest BCUT2D eigenvalue weighted by atomic mass is 10.1. The molecule has 0 fully saturated rings. The summed E-state index contributed by atoms with van der Waals surface area (Å²) in [5, 5.41) is 1.82. The number of nitrogens with zero attached hydrogens (tertiary/aromatic N) is 1. The van der Waals surface area contributed by atoms with Gasteiger partial charge in [-0.1, -0.05) is 0 Å². The maximum absolute atomic E-state index is 11.9. The number of aldehydes is 1. The molecule has 0 saturated carbocycles. The van der Waals surface area contributed by atoms with E-state index < -0.39 is 0 Å². The van der Waals surface area contributed by atoms with Crippen molar-refractivity contribution < 1.29 is 14.3 Å². The number of carbonyl (C=O) groups excluding carboxylic acids is 2. The molecule has 0 atom stereocenters. The fourth-order valence-electron chi connectivity index (χ4n) is 2.56. The van der Waals surface area contributed by atoms with Gasteiger partial charge in [0.15, 0.2) is 0 Å². The minimum atomic E-state index is -0.0721. The topological polar surface area (TPSA) is 48.3 Å². The molecule has 3 aromatic rings. The van der Waals surface area contributed by atoms with Crippen LogP contribution in [0.2, 0.25) is 0 Å². The number of benzene rings is 2. The number of ether oxygens (including phenoxy) is 1. The Bertz CT molecular complexity index is 846. The van der Waals surface area contributed by atoms with Crippen LogP contribution in [-0.2, 0) is 0 Å². The average molecular weight is 267 g/mol. The lowest BCUT2D eigenvalue weighted by molar-refractivity contribution is 0.0946. The molecule has 100 valence electrons. The molecule has 3 rings (SSSR count). The molecule has 0 saturated heterocycles. The molecule has 4 heteroatoms. The van der Waals surface area contributed by atoms with Crippen LogP contribution >= 0.6 is 0 Å². The molecule has 1 aromatic heterocycles. The normalized spacial score (nSPS) is 10.9. The zero-order chi connectivity index (χ0) is 14.3. The Labute approximate surface area is 115 Å². The summed E-state index contributed by atoms with van der Waals surface area (Å²) in [7, 11) is 1.59. The third kappa shape index (κ3) is 1.69. The van der Waals surface area contributed by atoms with Crippen LogP contribution in [0.4, 0.5) is 0 Å². The molecule has 0 bridgehead atoms. The highest BCUT2D eigenvalue weighted by molar-refractivity contribution is 6.14. The van der Waals surface area contributed by atoms with E-state index in [1.807, 2.05) is 18.2 Å². The Kier molecular flexibility index (Phi) is 2.79. The average Bonchev–Trinajstić information content (AvgIpc) is 2.79. The minimum absolute atomic E-state index is 0.0721. The molecule has 0 aliphatic heterocycles. The summed E-state index contributed by atoms with van der Waals surface area (Å²) < 4.78 is 6.86. The summed E-state index contributed by atoms with van der Waals surface area (Å²) in [4.78, 5) is 22.9. The van der Waals surface area contributed by atoms with E-state index in [9.17, 15) is 9.59 Å². The van der Waals surface area contributed by atoms with Crippen molar-refractivity contribution in [3.63, 3.8) is 0 Å². The highest BCUT2D eigenvalue weighted by Crippen LogP contribution is 2.31. The monoisotopic (exact) mass is 267 g/mol. The van der Waals surface area contributed by atoms with Crippen molar-refractivity contribution in [2.45, 2.75) is 6.92 Å². The van der Waals surface area contributed by atoms with Gasteiger partial charge in [-0.2, -0.15) is 0 Å². The van der Waals surface area contributed by atoms with Crippen LogP contribution < -0.4 is 4.74 Å². The summed E-state index contributed by atoms with van der Waals surface area (Å²) in [6.07, 6.45) is 0.805. The first-order chi connectivity index (χ1) is 9.65.